The van der Waals surface area contributed by atoms with Crippen LogP contribution in [0.2, 0.25) is 0 Å². The Balaban J connectivity index is 1.24. The molecule has 0 saturated heterocycles. The maximum Gasteiger partial charge on any atom is 0.248 e. The van der Waals surface area contributed by atoms with Crippen LogP contribution in [0.5, 0.6) is 0 Å². The van der Waals surface area contributed by atoms with Crippen LogP contribution in [0.15, 0.2) is 45.6 Å². The van der Waals surface area contributed by atoms with Crippen LogP contribution in [-0.2, 0) is 17.6 Å². The van der Waals surface area contributed by atoms with E-state index in [1.54, 1.807) is 11.3 Å². The Labute approximate surface area is 152 Å². The Bertz CT molecular complexity index is 1010. The maximum absolute atomic E-state index is 12.0. The second-order valence-electron chi connectivity index (χ2n) is 5.66. The molecule has 0 saturated carbocycles. The predicted octanol–water partition coefficient (Wildman–Crippen LogP) is 2.13. The molecule has 1 N–H and O–H groups in total. The molecule has 132 valence electrons. The fourth-order valence-corrected chi connectivity index (χ4v) is 3.17. The summed E-state index contributed by atoms with van der Waals surface area (Å²) in [5.74, 6) is 1.71. The van der Waals surface area contributed by atoms with E-state index in [9.17, 15) is 4.79 Å². The molecule has 0 aromatic carbocycles. The second-order valence-corrected chi connectivity index (χ2v) is 6.44. The third-order valence-electron chi connectivity index (χ3n) is 3.86. The molecule has 0 spiro atoms. The quantitative estimate of drug-likeness (QED) is 0.537. The molecule has 0 aliphatic heterocycles. The molecule has 4 rings (SSSR count). The van der Waals surface area contributed by atoms with Gasteiger partial charge in [-0.15, -0.1) is 20.4 Å². The fraction of sp³-hybridized carbons (Fsp3) is 0.235. The number of aromatic nitrogens is 5. The van der Waals surface area contributed by atoms with Gasteiger partial charge in [0.05, 0.1) is 0 Å². The Morgan fingerprint density at radius 1 is 1.15 bits per heavy atom. The summed E-state index contributed by atoms with van der Waals surface area (Å²) < 4.78 is 7.49. The lowest BCUT2D eigenvalue weighted by molar-refractivity contribution is -0.121. The smallest absolute Gasteiger partial charge is 0.248 e. The number of carbonyl (C=O) groups excluding carboxylic acids is 1. The van der Waals surface area contributed by atoms with Crippen molar-refractivity contribution in [2.24, 2.45) is 0 Å². The summed E-state index contributed by atoms with van der Waals surface area (Å²) in [6.07, 6.45) is 3.23. The van der Waals surface area contributed by atoms with Crippen molar-refractivity contribution in [1.29, 1.82) is 0 Å². The molecule has 4 heterocycles. The van der Waals surface area contributed by atoms with Crippen LogP contribution in [0.1, 0.15) is 18.1 Å². The monoisotopic (exact) mass is 368 g/mol. The SMILES string of the molecule is O=C(CCc1nnc(-c2ccsc2)o1)NCCc1nnc2ccccn12. The molecular formula is C17H16N6O2S. The highest BCUT2D eigenvalue weighted by Crippen LogP contribution is 2.20. The molecule has 8 nitrogen and oxygen atoms in total. The number of carbonyl (C=O) groups is 1. The molecule has 4 aromatic heterocycles. The van der Waals surface area contributed by atoms with Crippen LogP contribution < -0.4 is 5.32 Å². The molecule has 0 unspecified atom stereocenters. The van der Waals surface area contributed by atoms with Gasteiger partial charge in [0.1, 0.15) is 5.82 Å². The number of fused-ring (bicyclic) bond motifs is 1. The molecular weight excluding hydrogens is 352 g/mol. The summed E-state index contributed by atoms with van der Waals surface area (Å²) >= 11 is 1.57. The zero-order valence-corrected chi connectivity index (χ0v) is 14.6. The molecule has 0 radical (unpaired) electrons. The van der Waals surface area contributed by atoms with Crippen molar-refractivity contribution in [2.45, 2.75) is 19.3 Å². The number of nitrogens with zero attached hydrogens (tertiary/aromatic N) is 5. The lowest BCUT2D eigenvalue weighted by Gasteiger charge is -2.03. The highest BCUT2D eigenvalue weighted by Gasteiger charge is 2.11. The van der Waals surface area contributed by atoms with Gasteiger partial charge in [-0.05, 0) is 23.6 Å². The number of hydrogen-bond acceptors (Lipinski definition) is 7. The first kappa shape index (κ1) is 16.4. The Hall–Kier alpha value is -3.07. The molecule has 1 amide bonds. The zero-order valence-electron chi connectivity index (χ0n) is 13.8. The van der Waals surface area contributed by atoms with Crippen molar-refractivity contribution in [2.75, 3.05) is 6.54 Å². The van der Waals surface area contributed by atoms with Crippen LogP contribution in [0.4, 0.5) is 0 Å². The maximum atomic E-state index is 12.0. The zero-order chi connectivity index (χ0) is 17.8. The topological polar surface area (TPSA) is 98.2 Å². The van der Waals surface area contributed by atoms with E-state index in [-0.39, 0.29) is 5.91 Å². The van der Waals surface area contributed by atoms with E-state index in [0.29, 0.717) is 37.6 Å². The Morgan fingerprint density at radius 2 is 2.12 bits per heavy atom. The lowest BCUT2D eigenvalue weighted by Crippen LogP contribution is -2.26. The average Bonchev–Trinajstić information content (AvgIpc) is 3.40. The van der Waals surface area contributed by atoms with Crippen molar-refractivity contribution >= 4 is 22.9 Å². The van der Waals surface area contributed by atoms with Crippen LogP contribution in [0, 0.1) is 0 Å². The number of thiophene rings is 1. The number of aryl methyl sites for hydroxylation is 1. The number of nitrogens with one attached hydrogen (secondary N) is 1. The van der Waals surface area contributed by atoms with Crippen LogP contribution in [0.25, 0.3) is 17.1 Å². The molecule has 0 bridgehead atoms. The van der Waals surface area contributed by atoms with E-state index in [4.69, 9.17) is 4.42 Å². The minimum absolute atomic E-state index is 0.0610. The van der Waals surface area contributed by atoms with Gasteiger partial charge in [-0.1, -0.05) is 6.07 Å². The molecule has 0 aliphatic rings. The molecule has 0 atom stereocenters. The van der Waals surface area contributed by atoms with Crippen LogP contribution >= 0.6 is 11.3 Å². The van der Waals surface area contributed by atoms with Gasteiger partial charge >= 0.3 is 0 Å². The standard InChI is InChI=1S/C17H16N6O2S/c24-15(4-5-16-21-22-17(25-16)12-7-10-26-11-12)18-8-6-14-20-19-13-3-1-2-9-23(13)14/h1-3,7,9-11H,4-6,8H2,(H,18,24). The van der Waals surface area contributed by atoms with Crippen molar-refractivity contribution in [3.05, 3.63) is 52.9 Å². The first-order valence-electron chi connectivity index (χ1n) is 8.20. The van der Waals surface area contributed by atoms with Gasteiger partial charge < -0.3 is 9.73 Å². The van der Waals surface area contributed by atoms with E-state index in [2.05, 4.69) is 25.7 Å². The largest absolute Gasteiger partial charge is 0.421 e. The number of pyridine rings is 1. The minimum atomic E-state index is -0.0610. The van der Waals surface area contributed by atoms with Crippen molar-refractivity contribution in [1.82, 2.24) is 30.1 Å². The summed E-state index contributed by atoms with van der Waals surface area (Å²) in [4.78, 5) is 12.0. The van der Waals surface area contributed by atoms with Gasteiger partial charge in [-0.25, -0.2) is 0 Å². The van der Waals surface area contributed by atoms with Gasteiger partial charge in [-0.3, -0.25) is 9.20 Å². The van der Waals surface area contributed by atoms with E-state index >= 15 is 0 Å². The van der Waals surface area contributed by atoms with Crippen molar-refractivity contribution < 1.29 is 9.21 Å². The van der Waals surface area contributed by atoms with E-state index in [1.807, 2.05) is 45.6 Å². The molecule has 9 heteroatoms. The Kier molecular flexibility index (Phi) is 4.69. The van der Waals surface area contributed by atoms with Gasteiger partial charge in [0.25, 0.3) is 0 Å². The predicted molar refractivity (Wildman–Crippen MR) is 95.6 cm³/mol. The summed E-state index contributed by atoms with van der Waals surface area (Å²) in [5, 5.41) is 23.0. The van der Waals surface area contributed by atoms with Gasteiger partial charge in [0.15, 0.2) is 5.65 Å². The molecule has 4 aromatic rings. The van der Waals surface area contributed by atoms with Gasteiger partial charge in [0.2, 0.25) is 17.7 Å². The van der Waals surface area contributed by atoms with Gasteiger partial charge in [-0.2, -0.15) is 11.3 Å². The number of rotatable bonds is 7. The minimum Gasteiger partial charge on any atom is -0.421 e. The summed E-state index contributed by atoms with van der Waals surface area (Å²) in [6.45, 7) is 0.499. The third-order valence-corrected chi connectivity index (χ3v) is 4.54. The number of hydrogen-bond donors (Lipinski definition) is 1. The summed E-state index contributed by atoms with van der Waals surface area (Å²) in [6, 6.07) is 7.65. The third kappa shape index (κ3) is 3.62. The average molecular weight is 368 g/mol. The van der Waals surface area contributed by atoms with E-state index in [0.717, 1.165) is 17.0 Å². The lowest BCUT2D eigenvalue weighted by atomic mass is 10.3. The Morgan fingerprint density at radius 3 is 3.00 bits per heavy atom. The number of amides is 1. The molecule has 0 aliphatic carbocycles. The highest BCUT2D eigenvalue weighted by atomic mass is 32.1. The van der Waals surface area contributed by atoms with Crippen molar-refractivity contribution in [3.8, 4) is 11.5 Å². The first-order valence-corrected chi connectivity index (χ1v) is 9.14. The summed E-state index contributed by atoms with van der Waals surface area (Å²) in [5.41, 5.74) is 1.70. The fourth-order valence-electron chi connectivity index (χ4n) is 2.54. The van der Waals surface area contributed by atoms with Crippen molar-refractivity contribution in [3.63, 3.8) is 0 Å². The van der Waals surface area contributed by atoms with E-state index in [1.165, 1.54) is 0 Å². The second kappa shape index (κ2) is 7.44. The van der Waals surface area contributed by atoms with E-state index < -0.39 is 0 Å². The normalized spacial score (nSPS) is 11.1. The molecule has 0 fully saturated rings. The van der Waals surface area contributed by atoms with Gasteiger partial charge in [0, 0.05) is 42.9 Å². The molecule has 26 heavy (non-hydrogen) atoms. The van der Waals surface area contributed by atoms with Crippen LogP contribution in [-0.4, -0.2) is 37.2 Å². The van der Waals surface area contributed by atoms with Crippen LogP contribution in [0.3, 0.4) is 0 Å². The highest BCUT2D eigenvalue weighted by molar-refractivity contribution is 7.08. The first-order chi connectivity index (χ1) is 12.8. The summed E-state index contributed by atoms with van der Waals surface area (Å²) in [7, 11) is 0.